The number of rotatable bonds is 5. The zero-order valence-electron chi connectivity index (χ0n) is 10.9. The third-order valence-corrected chi connectivity index (χ3v) is 4.31. The summed E-state index contributed by atoms with van der Waals surface area (Å²) in [7, 11) is 0.173. The topological polar surface area (TPSA) is 64.6 Å². The van der Waals surface area contributed by atoms with Gasteiger partial charge in [0, 0.05) is 24.1 Å². The Morgan fingerprint density at radius 3 is 2.32 bits per heavy atom. The third-order valence-electron chi connectivity index (χ3n) is 2.91. The van der Waals surface area contributed by atoms with Gasteiger partial charge in [-0.05, 0) is 17.7 Å². The Morgan fingerprint density at radius 2 is 1.84 bits per heavy atom. The highest BCUT2D eigenvalue weighted by Gasteiger charge is 2.20. The molecule has 0 fully saturated rings. The monoisotopic (exact) mass is 283 g/mol. The van der Waals surface area contributed by atoms with E-state index in [0.717, 1.165) is 5.56 Å². The summed E-state index contributed by atoms with van der Waals surface area (Å²) >= 11 is 0. The molecule has 104 valence electrons. The van der Waals surface area contributed by atoms with Crippen LogP contribution in [-0.2, 0) is 16.4 Å². The van der Waals surface area contributed by atoms with Gasteiger partial charge in [-0.3, -0.25) is 0 Å². The Morgan fingerprint density at radius 1 is 1.21 bits per heavy atom. The van der Waals surface area contributed by atoms with Crippen molar-refractivity contribution in [1.82, 2.24) is 5.32 Å². The van der Waals surface area contributed by atoms with Gasteiger partial charge in [0.25, 0.3) is 0 Å². The fourth-order valence-electron chi connectivity index (χ4n) is 1.92. The molecule has 0 radical (unpaired) electrons. The molecule has 1 aromatic carbocycles. The highest BCUT2D eigenvalue weighted by atomic mass is 32.2. The fraction of sp³-hybridized carbons (Fsp3) is 0.385. The summed E-state index contributed by atoms with van der Waals surface area (Å²) in [4.78, 5) is 0. The molecule has 1 heterocycles. The summed E-state index contributed by atoms with van der Waals surface area (Å²) in [5.74, 6) is 1.55. The van der Waals surface area contributed by atoms with Crippen molar-refractivity contribution in [3.8, 4) is 11.5 Å². The lowest BCUT2D eigenvalue weighted by Gasteiger charge is -2.12. The molecule has 0 bridgehead atoms. The van der Waals surface area contributed by atoms with Crippen LogP contribution in [0, 0.1) is 0 Å². The largest absolute Gasteiger partial charge is 0.497 e. The van der Waals surface area contributed by atoms with Gasteiger partial charge in [0.05, 0.1) is 20.0 Å². The minimum Gasteiger partial charge on any atom is -0.497 e. The van der Waals surface area contributed by atoms with E-state index in [1.54, 1.807) is 26.4 Å². The van der Waals surface area contributed by atoms with Crippen molar-refractivity contribution in [2.45, 2.75) is 12.6 Å². The second-order valence-corrected chi connectivity index (χ2v) is 6.30. The van der Waals surface area contributed by atoms with Gasteiger partial charge >= 0.3 is 0 Å². The number of hydrogen-bond acceptors (Lipinski definition) is 5. The molecule has 0 spiro atoms. The van der Waals surface area contributed by atoms with E-state index in [2.05, 4.69) is 5.32 Å². The van der Waals surface area contributed by atoms with Crippen LogP contribution >= 0.6 is 0 Å². The first-order chi connectivity index (χ1) is 9.02. The summed E-state index contributed by atoms with van der Waals surface area (Å²) in [6.45, 7) is 0.554. The molecular formula is C13H17NO4S. The van der Waals surface area contributed by atoms with E-state index >= 15 is 0 Å². The van der Waals surface area contributed by atoms with E-state index in [9.17, 15) is 8.42 Å². The van der Waals surface area contributed by atoms with Crippen LogP contribution in [0.3, 0.4) is 0 Å². The number of methoxy groups -OCH3 is 2. The molecule has 6 heteroatoms. The molecule has 1 aliphatic rings. The van der Waals surface area contributed by atoms with E-state index in [0.29, 0.717) is 18.0 Å². The zero-order chi connectivity index (χ0) is 13.9. The Labute approximate surface area is 113 Å². The van der Waals surface area contributed by atoms with Gasteiger partial charge in [0.15, 0.2) is 9.84 Å². The fourth-order valence-corrected chi connectivity index (χ4v) is 3.19. The number of benzene rings is 1. The van der Waals surface area contributed by atoms with Crippen LogP contribution in [0.15, 0.2) is 29.7 Å². The molecular weight excluding hydrogens is 266 g/mol. The van der Waals surface area contributed by atoms with Gasteiger partial charge in [-0.2, -0.15) is 0 Å². The maximum Gasteiger partial charge on any atom is 0.173 e. The maximum atomic E-state index is 11.3. The summed E-state index contributed by atoms with van der Waals surface area (Å²) in [5, 5.41) is 4.44. The van der Waals surface area contributed by atoms with Crippen LogP contribution in [-0.4, -0.2) is 34.4 Å². The van der Waals surface area contributed by atoms with Gasteiger partial charge in [-0.1, -0.05) is 6.08 Å². The molecule has 1 aromatic rings. The van der Waals surface area contributed by atoms with Crippen molar-refractivity contribution >= 4 is 9.84 Å². The van der Waals surface area contributed by atoms with Gasteiger partial charge in [0.2, 0.25) is 0 Å². The first-order valence-corrected chi connectivity index (χ1v) is 7.60. The molecule has 1 atom stereocenters. The van der Waals surface area contributed by atoms with Crippen molar-refractivity contribution in [3.63, 3.8) is 0 Å². The van der Waals surface area contributed by atoms with E-state index < -0.39 is 9.84 Å². The zero-order valence-corrected chi connectivity index (χ0v) is 11.7. The van der Waals surface area contributed by atoms with Crippen LogP contribution in [0.4, 0.5) is 0 Å². The molecule has 0 saturated carbocycles. The molecule has 1 unspecified atom stereocenters. The normalized spacial score (nSPS) is 20.4. The SMILES string of the molecule is COc1cc(CNC2C=CS(=O)(=O)C2)cc(OC)c1. The predicted octanol–water partition coefficient (Wildman–Crippen LogP) is 1.10. The number of sulfone groups is 1. The Kier molecular flexibility index (Phi) is 4.11. The summed E-state index contributed by atoms with van der Waals surface area (Å²) in [5.41, 5.74) is 0.980. The molecule has 0 aromatic heterocycles. The molecule has 1 N–H and O–H groups in total. The predicted molar refractivity (Wildman–Crippen MR) is 73.1 cm³/mol. The van der Waals surface area contributed by atoms with E-state index in [-0.39, 0.29) is 11.8 Å². The van der Waals surface area contributed by atoms with Crippen LogP contribution < -0.4 is 14.8 Å². The lowest BCUT2D eigenvalue weighted by atomic mass is 10.2. The summed E-state index contributed by atoms with van der Waals surface area (Å²) in [6, 6.07) is 5.44. The lowest BCUT2D eigenvalue weighted by Crippen LogP contribution is -2.29. The highest BCUT2D eigenvalue weighted by Crippen LogP contribution is 2.22. The molecule has 0 saturated heterocycles. The minimum atomic E-state index is -3.02. The second-order valence-electron chi connectivity index (χ2n) is 4.37. The molecule has 19 heavy (non-hydrogen) atoms. The van der Waals surface area contributed by atoms with Gasteiger partial charge < -0.3 is 14.8 Å². The lowest BCUT2D eigenvalue weighted by molar-refractivity contribution is 0.393. The van der Waals surface area contributed by atoms with Gasteiger partial charge in [-0.15, -0.1) is 0 Å². The van der Waals surface area contributed by atoms with E-state index in [4.69, 9.17) is 9.47 Å². The van der Waals surface area contributed by atoms with Crippen molar-refractivity contribution in [1.29, 1.82) is 0 Å². The molecule has 2 rings (SSSR count). The summed E-state index contributed by atoms with van der Waals surface area (Å²) < 4.78 is 32.9. The van der Waals surface area contributed by atoms with E-state index in [1.165, 1.54) is 5.41 Å². The number of nitrogens with one attached hydrogen (secondary N) is 1. The van der Waals surface area contributed by atoms with E-state index in [1.807, 2.05) is 12.1 Å². The average Bonchev–Trinajstić information content (AvgIpc) is 2.75. The van der Waals surface area contributed by atoms with Crippen LogP contribution in [0.1, 0.15) is 5.56 Å². The van der Waals surface area contributed by atoms with Gasteiger partial charge in [0.1, 0.15) is 11.5 Å². The quantitative estimate of drug-likeness (QED) is 0.877. The van der Waals surface area contributed by atoms with Crippen LogP contribution in [0.2, 0.25) is 0 Å². The molecule has 5 nitrogen and oxygen atoms in total. The number of ether oxygens (including phenoxy) is 2. The van der Waals surface area contributed by atoms with Crippen LogP contribution in [0.5, 0.6) is 11.5 Å². The van der Waals surface area contributed by atoms with Gasteiger partial charge in [-0.25, -0.2) is 8.42 Å². The standard InChI is InChI=1S/C13H17NO4S/c1-17-12-5-10(6-13(7-12)18-2)8-14-11-3-4-19(15,16)9-11/h3-7,11,14H,8-9H2,1-2H3. The maximum absolute atomic E-state index is 11.3. The first-order valence-electron chi connectivity index (χ1n) is 5.89. The first kappa shape index (κ1) is 13.9. The molecule has 0 aliphatic carbocycles. The van der Waals surface area contributed by atoms with Crippen molar-refractivity contribution in [3.05, 3.63) is 35.2 Å². The van der Waals surface area contributed by atoms with Crippen molar-refractivity contribution < 1.29 is 17.9 Å². The average molecular weight is 283 g/mol. The molecule has 0 amide bonds. The number of hydrogen-bond donors (Lipinski definition) is 1. The Balaban J connectivity index is 2.02. The smallest absolute Gasteiger partial charge is 0.173 e. The minimum absolute atomic E-state index is 0.119. The third kappa shape index (κ3) is 3.71. The van der Waals surface area contributed by atoms with Crippen molar-refractivity contribution in [2.24, 2.45) is 0 Å². The summed E-state index contributed by atoms with van der Waals surface area (Å²) in [6.07, 6.45) is 1.67. The van der Waals surface area contributed by atoms with Crippen LogP contribution in [0.25, 0.3) is 0 Å². The Bertz CT molecular complexity index is 558. The Hall–Kier alpha value is -1.53. The second kappa shape index (κ2) is 5.63. The van der Waals surface area contributed by atoms with Crippen molar-refractivity contribution in [2.75, 3.05) is 20.0 Å². The highest BCUT2D eigenvalue weighted by molar-refractivity contribution is 7.94. The molecule has 1 aliphatic heterocycles.